The molecule has 3 saturated heterocycles. The van der Waals surface area contributed by atoms with E-state index in [0.717, 1.165) is 24.8 Å². The van der Waals surface area contributed by atoms with Gasteiger partial charge in [0.15, 0.2) is 0 Å². The van der Waals surface area contributed by atoms with Crippen LogP contribution in [0.3, 0.4) is 0 Å². The van der Waals surface area contributed by atoms with Crippen LogP contribution in [0.4, 0.5) is 0 Å². The molecule has 39 heavy (non-hydrogen) atoms. The van der Waals surface area contributed by atoms with E-state index in [2.05, 4.69) is 36.7 Å². The number of nitrogens with one attached hydrogen (secondary N) is 2. The Labute approximate surface area is 231 Å². The van der Waals surface area contributed by atoms with Crippen LogP contribution in [-0.4, -0.2) is 66.1 Å². The van der Waals surface area contributed by atoms with Crippen molar-refractivity contribution >= 4 is 17.8 Å². The molecule has 2 amide bonds. The van der Waals surface area contributed by atoms with Gasteiger partial charge >= 0.3 is 5.97 Å². The second-order valence-electron chi connectivity index (χ2n) is 11.2. The SMILES string of the molecule is CC(=O)OC(C)/C=C\C(=O)NC1CC(C)C(C/C=C(C)/C=C/C2CC3(C[C@@H](CC(=O)NN)O2)OC3C)OC1C. The van der Waals surface area contributed by atoms with Crippen LogP contribution in [0.25, 0.3) is 0 Å². The predicted octanol–water partition coefficient (Wildman–Crippen LogP) is 2.77. The van der Waals surface area contributed by atoms with Gasteiger partial charge in [-0.3, -0.25) is 19.8 Å². The van der Waals surface area contributed by atoms with Crippen LogP contribution in [0.15, 0.2) is 36.0 Å². The molecule has 0 aromatic carbocycles. The molecule has 3 rings (SSSR count). The van der Waals surface area contributed by atoms with E-state index < -0.39 is 6.10 Å². The summed E-state index contributed by atoms with van der Waals surface area (Å²) in [5, 5.41) is 3.01. The van der Waals surface area contributed by atoms with Crippen LogP contribution < -0.4 is 16.6 Å². The standard InChI is InChI=1S/C29H45N3O7/c1-17(7-10-23-15-29(21(5)39-29)16-24(38-23)14-28(35)32-30)8-11-26-18(2)13-25(20(4)37-26)31-27(34)12-9-19(3)36-22(6)33/h7-10,12,18-21,23-26H,11,13-16,30H2,1-6H3,(H,31,34)(H,32,35)/b10-7+,12-9-,17-8+/t18?,19?,20?,21?,23?,24-,25?,26?,29?/m1/s1. The molecular formula is C29H45N3O7. The Balaban J connectivity index is 1.48. The van der Waals surface area contributed by atoms with Crippen molar-refractivity contribution in [2.45, 2.75) is 122 Å². The normalized spacial score (nSPS) is 35.7. The van der Waals surface area contributed by atoms with Crippen molar-refractivity contribution in [3.8, 4) is 0 Å². The van der Waals surface area contributed by atoms with Crippen LogP contribution in [0.5, 0.6) is 0 Å². The molecule has 0 radical (unpaired) electrons. The molecule has 10 nitrogen and oxygen atoms in total. The molecule has 8 unspecified atom stereocenters. The molecule has 0 aromatic rings. The first-order valence-electron chi connectivity index (χ1n) is 13.9. The number of carbonyl (C=O) groups is 3. The van der Waals surface area contributed by atoms with E-state index in [-0.39, 0.29) is 72.3 Å². The van der Waals surface area contributed by atoms with Gasteiger partial charge in [0.1, 0.15) is 6.10 Å². The van der Waals surface area contributed by atoms with Gasteiger partial charge in [0.25, 0.3) is 0 Å². The minimum Gasteiger partial charge on any atom is -0.459 e. The van der Waals surface area contributed by atoms with E-state index in [4.69, 9.17) is 24.8 Å². The number of amides is 2. The molecule has 3 aliphatic heterocycles. The molecule has 3 fully saturated rings. The van der Waals surface area contributed by atoms with Gasteiger partial charge in [-0.2, -0.15) is 0 Å². The van der Waals surface area contributed by atoms with Crippen LogP contribution in [0, 0.1) is 5.92 Å². The van der Waals surface area contributed by atoms with Gasteiger partial charge in [0, 0.05) is 25.8 Å². The quantitative estimate of drug-likeness (QED) is 0.0721. The van der Waals surface area contributed by atoms with Crippen LogP contribution in [-0.2, 0) is 33.3 Å². The Morgan fingerprint density at radius 2 is 1.85 bits per heavy atom. The fourth-order valence-corrected chi connectivity index (χ4v) is 5.50. The van der Waals surface area contributed by atoms with Crippen molar-refractivity contribution in [2.24, 2.45) is 11.8 Å². The Kier molecular flexibility index (Phi) is 10.9. The maximum atomic E-state index is 12.3. The average Bonchev–Trinajstić information content (AvgIpc) is 3.47. The number of rotatable bonds is 10. The first-order chi connectivity index (χ1) is 18.4. The number of esters is 1. The third-order valence-corrected chi connectivity index (χ3v) is 7.82. The zero-order chi connectivity index (χ0) is 28.7. The van der Waals surface area contributed by atoms with Gasteiger partial charge in [-0.1, -0.05) is 30.7 Å². The molecule has 3 heterocycles. The molecule has 0 aromatic heterocycles. The molecule has 3 aliphatic rings. The largest absolute Gasteiger partial charge is 0.459 e. The van der Waals surface area contributed by atoms with Gasteiger partial charge in [0.05, 0.1) is 48.6 Å². The summed E-state index contributed by atoms with van der Waals surface area (Å²) >= 11 is 0. The van der Waals surface area contributed by atoms with E-state index in [1.165, 1.54) is 13.0 Å². The maximum absolute atomic E-state index is 12.3. The number of ether oxygens (including phenoxy) is 4. The van der Waals surface area contributed by atoms with Crippen molar-refractivity contribution in [3.63, 3.8) is 0 Å². The minimum absolute atomic E-state index is 0.0464. The lowest BCUT2D eigenvalue weighted by atomic mass is 9.87. The highest BCUT2D eigenvalue weighted by molar-refractivity contribution is 5.87. The van der Waals surface area contributed by atoms with Gasteiger partial charge in [-0.05, 0) is 52.5 Å². The monoisotopic (exact) mass is 547 g/mol. The number of epoxide rings is 1. The number of allylic oxidation sites excluding steroid dienone is 2. The Morgan fingerprint density at radius 1 is 1.13 bits per heavy atom. The van der Waals surface area contributed by atoms with E-state index in [1.54, 1.807) is 13.0 Å². The molecule has 9 atom stereocenters. The fraction of sp³-hybridized carbons (Fsp3) is 0.690. The third kappa shape index (κ3) is 9.27. The summed E-state index contributed by atoms with van der Waals surface area (Å²) in [6.07, 6.45) is 11.7. The summed E-state index contributed by atoms with van der Waals surface area (Å²) in [5.74, 6) is 4.65. The lowest BCUT2D eigenvalue weighted by Gasteiger charge is -2.39. The lowest BCUT2D eigenvalue weighted by molar-refractivity contribution is -0.143. The summed E-state index contributed by atoms with van der Waals surface area (Å²) in [4.78, 5) is 35.1. The Hall–Kier alpha value is -2.53. The topological polar surface area (TPSA) is 142 Å². The highest BCUT2D eigenvalue weighted by Gasteiger charge is 2.57. The molecule has 10 heteroatoms. The van der Waals surface area contributed by atoms with Crippen LogP contribution >= 0.6 is 0 Å². The summed E-state index contributed by atoms with van der Waals surface area (Å²) < 4.78 is 23.3. The summed E-state index contributed by atoms with van der Waals surface area (Å²) in [7, 11) is 0. The highest BCUT2D eigenvalue weighted by Crippen LogP contribution is 2.48. The maximum Gasteiger partial charge on any atom is 0.303 e. The van der Waals surface area contributed by atoms with Gasteiger partial charge in [-0.25, -0.2) is 5.84 Å². The third-order valence-electron chi connectivity index (χ3n) is 7.82. The highest BCUT2D eigenvalue weighted by atomic mass is 16.6. The van der Waals surface area contributed by atoms with Crippen molar-refractivity contribution in [1.82, 2.24) is 10.7 Å². The molecule has 0 saturated carbocycles. The number of hydrogen-bond acceptors (Lipinski definition) is 8. The van der Waals surface area contributed by atoms with Crippen molar-refractivity contribution in [3.05, 3.63) is 36.0 Å². The zero-order valence-electron chi connectivity index (χ0n) is 24.0. The molecule has 0 aliphatic carbocycles. The first kappa shape index (κ1) is 31.0. The number of carbonyl (C=O) groups excluding carboxylic acids is 3. The molecule has 0 bridgehead atoms. The zero-order valence-corrected chi connectivity index (χ0v) is 24.0. The Morgan fingerprint density at radius 3 is 2.49 bits per heavy atom. The fourth-order valence-electron chi connectivity index (χ4n) is 5.50. The van der Waals surface area contributed by atoms with Crippen LogP contribution in [0.2, 0.25) is 0 Å². The average molecular weight is 548 g/mol. The molecular weight excluding hydrogens is 502 g/mol. The van der Waals surface area contributed by atoms with E-state index in [1.807, 2.05) is 19.9 Å². The lowest BCUT2D eigenvalue weighted by Crippen LogP contribution is -2.50. The first-order valence-corrected chi connectivity index (χ1v) is 13.9. The smallest absolute Gasteiger partial charge is 0.303 e. The predicted molar refractivity (Wildman–Crippen MR) is 146 cm³/mol. The number of nitrogens with two attached hydrogens (primary N) is 1. The number of hydrogen-bond donors (Lipinski definition) is 3. The van der Waals surface area contributed by atoms with Gasteiger partial charge in [0.2, 0.25) is 11.8 Å². The summed E-state index contributed by atoms with van der Waals surface area (Å²) in [6, 6.07) is -0.0977. The minimum atomic E-state index is -0.462. The number of hydrazine groups is 1. The second kappa shape index (κ2) is 13.7. The van der Waals surface area contributed by atoms with E-state index in [0.29, 0.717) is 6.42 Å². The Bertz CT molecular complexity index is 980. The van der Waals surface area contributed by atoms with E-state index >= 15 is 0 Å². The molecule has 218 valence electrons. The van der Waals surface area contributed by atoms with Crippen LogP contribution in [0.1, 0.15) is 73.6 Å². The van der Waals surface area contributed by atoms with Crippen molar-refractivity contribution in [2.75, 3.05) is 0 Å². The van der Waals surface area contributed by atoms with Gasteiger partial charge in [-0.15, -0.1) is 0 Å². The van der Waals surface area contributed by atoms with Gasteiger partial charge < -0.3 is 24.3 Å². The van der Waals surface area contributed by atoms with E-state index in [9.17, 15) is 14.4 Å². The molecule has 4 N–H and O–H groups in total. The summed E-state index contributed by atoms with van der Waals surface area (Å²) in [5.41, 5.74) is 3.07. The second-order valence-corrected chi connectivity index (χ2v) is 11.2. The molecule has 1 spiro atoms. The summed E-state index contributed by atoms with van der Waals surface area (Å²) in [6.45, 7) is 11.3. The van der Waals surface area contributed by atoms with Crippen molar-refractivity contribution in [1.29, 1.82) is 0 Å². The van der Waals surface area contributed by atoms with Crippen molar-refractivity contribution < 1.29 is 33.3 Å².